The molecule has 1 unspecified atom stereocenters. The lowest BCUT2D eigenvalue weighted by atomic mass is 10.0. The van der Waals surface area contributed by atoms with Crippen molar-refractivity contribution in [1.82, 2.24) is 4.98 Å². The first-order valence-electron chi connectivity index (χ1n) is 11.7. The standard InChI is InChI=1S/C26H27F3N4O2/c1-15(2)33-6-8-35-26-21(28)9-16(10-24(26)33)19-12-25(30-13-22(19)29)32-17-3-4-23(20(27)11-17)31-18-5-7-34-14-18/h3-4,9-13,15,18,31H,5-8,14H2,1-2H3,(H,30,32). The molecule has 0 saturated carbocycles. The van der Waals surface area contributed by atoms with Crippen LogP contribution in [0.25, 0.3) is 11.1 Å². The van der Waals surface area contributed by atoms with Crippen LogP contribution >= 0.6 is 0 Å². The van der Waals surface area contributed by atoms with E-state index in [1.165, 1.54) is 18.2 Å². The molecule has 2 aromatic carbocycles. The minimum atomic E-state index is -0.591. The molecule has 5 rings (SSSR count). The van der Waals surface area contributed by atoms with Crippen LogP contribution in [0, 0.1) is 17.5 Å². The van der Waals surface area contributed by atoms with Crippen molar-refractivity contribution in [1.29, 1.82) is 0 Å². The fourth-order valence-electron chi connectivity index (χ4n) is 4.45. The van der Waals surface area contributed by atoms with Crippen molar-refractivity contribution in [3.63, 3.8) is 0 Å². The van der Waals surface area contributed by atoms with E-state index in [9.17, 15) is 13.2 Å². The molecule has 2 aliphatic heterocycles. The van der Waals surface area contributed by atoms with E-state index in [0.29, 0.717) is 54.8 Å². The number of nitrogens with zero attached hydrogens (tertiary/aromatic N) is 2. The summed E-state index contributed by atoms with van der Waals surface area (Å²) in [7, 11) is 0. The van der Waals surface area contributed by atoms with Crippen molar-refractivity contribution in [2.45, 2.75) is 32.4 Å². The number of pyridine rings is 1. The number of hydrogen-bond donors (Lipinski definition) is 2. The summed E-state index contributed by atoms with van der Waals surface area (Å²) < 4.78 is 55.2. The Hall–Kier alpha value is -3.46. The Kier molecular flexibility index (Phi) is 6.42. The van der Waals surface area contributed by atoms with Gasteiger partial charge in [-0.05, 0) is 62.2 Å². The fraction of sp³-hybridized carbons (Fsp3) is 0.346. The van der Waals surface area contributed by atoms with Crippen LogP contribution in [-0.2, 0) is 4.74 Å². The van der Waals surface area contributed by atoms with Crippen molar-refractivity contribution in [2.75, 3.05) is 41.9 Å². The molecule has 0 radical (unpaired) electrons. The van der Waals surface area contributed by atoms with Gasteiger partial charge >= 0.3 is 0 Å². The molecule has 1 atom stereocenters. The van der Waals surface area contributed by atoms with E-state index in [2.05, 4.69) is 15.6 Å². The number of ether oxygens (including phenoxy) is 2. The van der Waals surface area contributed by atoms with E-state index in [4.69, 9.17) is 9.47 Å². The predicted molar refractivity (Wildman–Crippen MR) is 130 cm³/mol. The minimum absolute atomic E-state index is 0.0821. The van der Waals surface area contributed by atoms with Gasteiger partial charge < -0.3 is 25.0 Å². The highest BCUT2D eigenvalue weighted by molar-refractivity contribution is 5.76. The highest BCUT2D eigenvalue weighted by Gasteiger charge is 2.25. The monoisotopic (exact) mass is 484 g/mol. The molecule has 0 spiro atoms. The van der Waals surface area contributed by atoms with E-state index in [-0.39, 0.29) is 23.4 Å². The third-order valence-corrected chi connectivity index (χ3v) is 6.23. The predicted octanol–water partition coefficient (Wildman–Crippen LogP) is 5.72. The van der Waals surface area contributed by atoms with Gasteiger partial charge in [-0.25, -0.2) is 18.2 Å². The first-order valence-corrected chi connectivity index (χ1v) is 11.7. The van der Waals surface area contributed by atoms with Gasteiger partial charge in [0.2, 0.25) is 0 Å². The topological polar surface area (TPSA) is 58.7 Å². The van der Waals surface area contributed by atoms with E-state index in [0.717, 1.165) is 12.6 Å². The molecule has 2 N–H and O–H groups in total. The van der Waals surface area contributed by atoms with Crippen LogP contribution in [0.15, 0.2) is 42.6 Å². The van der Waals surface area contributed by atoms with Crippen molar-refractivity contribution in [3.05, 3.63) is 60.0 Å². The Balaban J connectivity index is 1.41. The number of hydrogen-bond acceptors (Lipinski definition) is 6. The number of halogens is 3. The van der Waals surface area contributed by atoms with E-state index < -0.39 is 17.5 Å². The number of nitrogens with one attached hydrogen (secondary N) is 2. The first-order chi connectivity index (χ1) is 16.9. The lowest BCUT2D eigenvalue weighted by molar-refractivity contribution is 0.195. The Morgan fingerprint density at radius 3 is 2.63 bits per heavy atom. The summed E-state index contributed by atoms with van der Waals surface area (Å²) in [6, 6.07) is 9.38. The zero-order chi connectivity index (χ0) is 24.5. The maximum Gasteiger partial charge on any atom is 0.178 e. The summed E-state index contributed by atoms with van der Waals surface area (Å²) in [4.78, 5) is 6.11. The van der Waals surface area contributed by atoms with Crippen molar-refractivity contribution >= 4 is 22.9 Å². The summed E-state index contributed by atoms with van der Waals surface area (Å²) in [5, 5.41) is 6.14. The van der Waals surface area contributed by atoms with Crippen LogP contribution in [0.2, 0.25) is 0 Å². The third-order valence-electron chi connectivity index (χ3n) is 6.23. The van der Waals surface area contributed by atoms with Gasteiger partial charge in [-0.15, -0.1) is 0 Å². The van der Waals surface area contributed by atoms with Gasteiger partial charge in [-0.2, -0.15) is 0 Å². The lowest BCUT2D eigenvalue weighted by Crippen LogP contribution is -2.38. The number of benzene rings is 2. The Morgan fingerprint density at radius 2 is 1.89 bits per heavy atom. The summed E-state index contributed by atoms with van der Waals surface area (Å²) >= 11 is 0. The molecule has 1 fully saturated rings. The molecule has 0 aliphatic carbocycles. The molecule has 9 heteroatoms. The second-order valence-corrected chi connectivity index (χ2v) is 9.02. The SMILES string of the molecule is CC(C)N1CCOc2c(F)cc(-c3cc(Nc4ccc(NC5CCOC5)c(F)c4)ncc3F)cc21. The van der Waals surface area contributed by atoms with Crippen LogP contribution in [0.5, 0.6) is 5.75 Å². The highest BCUT2D eigenvalue weighted by Crippen LogP contribution is 2.40. The summed E-state index contributed by atoms with van der Waals surface area (Å²) in [5.41, 5.74) is 1.98. The summed E-state index contributed by atoms with van der Waals surface area (Å²) in [6.07, 6.45) is 1.89. The largest absolute Gasteiger partial charge is 0.486 e. The second kappa shape index (κ2) is 9.65. The van der Waals surface area contributed by atoms with Gasteiger partial charge in [-0.3, -0.25) is 0 Å². The number of anilines is 4. The van der Waals surface area contributed by atoms with Gasteiger partial charge in [-0.1, -0.05) is 0 Å². The molecular weight excluding hydrogens is 457 g/mol. The Bertz CT molecular complexity index is 1230. The summed E-state index contributed by atoms with van der Waals surface area (Å²) in [6.45, 7) is 6.23. The molecule has 1 saturated heterocycles. The summed E-state index contributed by atoms with van der Waals surface area (Å²) in [5.74, 6) is -1.08. The van der Waals surface area contributed by atoms with Crippen molar-refractivity contribution < 1.29 is 22.6 Å². The lowest BCUT2D eigenvalue weighted by Gasteiger charge is -2.35. The molecule has 184 valence electrons. The highest BCUT2D eigenvalue weighted by atomic mass is 19.1. The van der Waals surface area contributed by atoms with Gasteiger partial charge in [0.05, 0.1) is 36.8 Å². The fourth-order valence-corrected chi connectivity index (χ4v) is 4.45. The molecule has 3 aromatic rings. The van der Waals surface area contributed by atoms with Crippen LogP contribution in [0.3, 0.4) is 0 Å². The van der Waals surface area contributed by atoms with Crippen LogP contribution in [-0.4, -0.2) is 43.4 Å². The zero-order valence-corrected chi connectivity index (χ0v) is 19.6. The maximum absolute atomic E-state index is 14.9. The molecule has 0 bridgehead atoms. The van der Waals surface area contributed by atoms with Gasteiger partial charge in [0.25, 0.3) is 0 Å². The average Bonchev–Trinajstić information content (AvgIpc) is 3.35. The zero-order valence-electron chi connectivity index (χ0n) is 19.6. The molecule has 1 aromatic heterocycles. The smallest absolute Gasteiger partial charge is 0.178 e. The number of rotatable bonds is 6. The van der Waals surface area contributed by atoms with E-state index >= 15 is 0 Å². The Morgan fingerprint density at radius 1 is 1.03 bits per heavy atom. The van der Waals surface area contributed by atoms with Crippen LogP contribution in [0.4, 0.5) is 36.1 Å². The van der Waals surface area contributed by atoms with Gasteiger partial charge in [0, 0.05) is 23.9 Å². The van der Waals surface area contributed by atoms with Crippen molar-refractivity contribution in [2.24, 2.45) is 0 Å². The van der Waals surface area contributed by atoms with Crippen LogP contribution in [0.1, 0.15) is 20.3 Å². The van der Waals surface area contributed by atoms with E-state index in [1.54, 1.807) is 18.2 Å². The first kappa shape index (κ1) is 23.3. The molecular formula is C26H27F3N4O2. The minimum Gasteiger partial charge on any atom is -0.486 e. The van der Waals surface area contributed by atoms with Gasteiger partial charge in [0.1, 0.15) is 24.1 Å². The quantitative estimate of drug-likeness (QED) is 0.467. The van der Waals surface area contributed by atoms with E-state index in [1.807, 2.05) is 18.7 Å². The number of fused-ring (bicyclic) bond motifs is 1. The maximum atomic E-state index is 14.9. The molecule has 0 amide bonds. The average molecular weight is 485 g/mol. The Labute approximate surface area is 202 Å². The van der Waals surface area contributed by atoms with Gasteiger partial charge in [0.15, 0.2) is 11.6 Å². The third kappa shape index (κ3) is 4.86. The normalized spacial score (nSPS) is 17.3. The molecule has 3 heterocycles. The molecule has 35 heavy (non-hydrogen) atoms. The number of aromatic nitrogens is 1. The molecule has 2 aliphatic rings. The van der Waals surface area contributed by atoms with Crippen molar-refractivity contribution in [3.8, 4) is 16.9 Å². The second-order valence-electron chi connectivity index (χ2n) is 9.02. The van der Waals surface area contributed by atoms with Crippen LogP contribution < -0.4 is 20.3 Å². The molecule has 6 nitrogen and oxygen atoms in total.